The Labute approximate surface area is 276 Å². The second-order valence-corrected chi connectivity index (χ2v) is 13.2. The number of amides is 2. The van der Waals surface area contributed by atoms with Crippen LogP contribution in [0.1, 0.15) is 68.4 Å². The van der Waals surface area contributed by atoms with E-state index in [4.69, 9.17) is 14.2 Å². The van der Waals surface area contributed by atoms with E-state index in [1.165, 1.54) is 37.3 Å². The molecule has 0 aliphatic heterocycles. The third-order valence-electron chi connectivity index (χ3n) is 7.86. The zero-order valence-electron chi connectivity index (χ0n) is 26.7. The number of nitrogens with one attached hydrogen (secondary N) is 2. The number of anilines is 1. The number of hydrogen-bond acceptors (Lipinski definition) is 10. The van der Waals surface area contributed by atoms with Crippen molar-refractivity contribution in [1.82, 2.24) is 20.1 Å². The molecule has 0 saturated heterocycles. The maximum Gasteiger partial charge on any atom is 0.341 e. The van der Waals surface area contributed by atoms with Gasteiger partial charge >= 0.3 is 5.97 Å². The molecule has 2 aromatic heterocycles. The smallest absolute Gasteiger partial charge is 0.341 e. The first-order chi connectivity index (χ1) is 22.2. The fourth-order valence-corrected chi connectivity index (χ4v) is 7.45. The van der Waals surface area contributed by atoms with Crippen molar-refractivity contribution in [3.8, 4) is 17.2 Å². The lowest BCUT2D eigenvalue weighted by molar-refractivity contribution is -0.115. The summed E-state index contributed by atoms with van der Waals surface area (Å²) in [5.41, 5.74) is 4.78. The zero-order chi connectivity index (χ0) is 33.0. The van der Waals surface area contributed by atoms with Crippen molar-refractivity contribution in [2.24, 2.45) is 0 Å². The van der Waals surface area contributed by atoms with Gasteiger partial charge in [-0.2, -0.15) is 0 Å². The van der Waals surface area contributed by atoms with Gasteiger partial charge in [0.25, 0.3) is 5.91 Å². The molecular formula is C33H37N5O6S2. The van der Waals surface area contributed by atoms with E-state index >= 15 is 0 Å². The molecule has 0 unspecified atom stereocenters. The summed E-state index contributed by atoms with van der Waals surface area (Å²) in [6, 6.07) is 10.9. The molecule has 1 aliphatic rings. The number of aryl methyl sites for hydroxylation is 2. The molecule has 11 nitrogen and oxygen atoms in total. The van der Waals surface area contributed by atoms with Crippen molar-refractivity contribution in [1.29, 1.82) is 0 Å². The summed E-state index contributed by atoms with van der Waals surface area (Å²) in [6.07, 6.45) is 2.67. The van der Waals surface area contributed by atoms with Crippen molar-refractivity contribution in [3.63, 3.8) is 0 Å². The topological polar surface area (TPSA) is 134 Å². The van der Waals surface area contributed by atoms with E-state index in [-0.39, 0.29) is 25.0 Å². The molecule has 1 aliphatic carbocycles. The van der Waals surface area contributed by atoms with Gasteiger partial charge < -0.3 is 24.8 Å². The van der Waals surface area contributed by atoms with Gasteiger partial charge in [-0.15, -0.1) is 21.5 Å². The Morgan fingerprint density at radius 2 is 1.85 bits per heavy atom. The number of aromatic nitrogens is 3. The van der Waals surface area contributed by atoms with Crippen LogP contribution in [0.3, 0.4) is 0 Å². The molecule has 0 bridgehead atoms. The van der Waals surface area contributed by atoms with Crippen LogP contribution in [0.25, 0.3) is 5.69 Å². The van der Waals surface area contributed by atoms with Gasteiger partial charge in [0, 0.05) is 10.4 Å². The SMILES string of the molecule is CCOC(=O)c1c(NC(=O)[C@H](C)Sc2nnc(CNC(=O)c3ccc(OC)c(OC)c3)n2-c2cccc(C)c2C)sc2c1CCC2. The molecule has 4 aromatic rings. The molecule has 46 heavy (non-hydrogen) atoms. The van der Waals surface area contributed by atoms with Crippen LogP contribution < -0.4 is 20.1 Å². The summed E-state index contributed by atoms with van der Waals surface area (Å²) >= 11 is 2.69. The Kier molecular flexibility index (Phi) is 10.3. The summed E-state index contributed by atoms with van der Waals surface area (Å²) in [5, 5.41) is 15.2. The van der Waals surface area contributed by atoms with Gasteiger partial charge in [-0.25, -0.2) is 4.79 Å². The van der Waals surface area contributed by atoms with Crippen molar-refractivity contribution < 1.29 is 28.6 Å². The number of methoxy groups -OCH3 is 2. The van der Waals surface area contributed by atoms with E-state index in [0.717, 1.165) is 46.5 Å². The monoisotopic (exact) mass is 663 g/mol. The first-order valence-corrected chi connectivity index (χ1v) is 16.7. The largest absolute Gasteiger partial charge is 0.493 e. The number of nitrogens with zero attached hydrogens (tertiary/aromatic N) is 3. The molecule has 2 heterocycles. The summed E-state index contributed by atoms with van der Waals surface area (Å²) in [4.78, 5) is 40.6. The number of benzene rings is 2. The maximum absolute atomic E-state index is 13.5. The van der Waals surface area contributed by atoms with Crippen molar-refractivity contribution in [2.45, 2.75) is 63.9 Å². The van der Waals surface area contributed by atoms with Crippen molar-refractivity contribution in [3.05, 3.63) is 74.9 Å². The molecule has 0 saturated carbocycles. The number of carbonyl (C=O) groups is 3. The number of esters is 1. The van der Waals surface area contributed by atoms with Gasteiger partial charge in [-0.1, -0.05) is 23.9 Å². The van der Waals surface area contributed by atoms with E-state index in [9.17, 15) is 14.4 Å². The second kappa shape index (κ2) is 14.4. The van der Waals surface area contributed by atoms with Gasteiger partial charge in [-0.05, 0) is 87.9 Å². The molecule has 0 spiro atoms. The summed E-state index contributed by atoms with van der Waals surface area (Å²) in [7, 11) is 3.05. The minimum atomic E-state index is -0.589. The van der Waals surface area contributed by atoms with Crippen molar-refractivity contribution >= 4 is 45.9 Å². The second-order valence-electron chi connectivity index (χ2n) is 10.7. The van der Waals surface area contributed by atoms with Crippen LogP contribution in [0.5, 0.6) is 11.5 Å². The van der Waals surface area contributed by atoms with Gasteiger partial charge in [0.1, 0.15) is 5.00 Å². The fourth-order valence-electron chi connectivity index (χ4n) is 5.29. The molecule has 13 heteroatoms. The van der Waals surface area contributed by atoms with Gasteiger partial charge in [-0.3, -0.25) is 14.2 Å². The maximum atomic E-state index is 13.5. The number of thiophene rings is 1. The molecule has 5 rings (SSSR count). The average Bonchev–Trinajstić information content (AvgIpc) is 3.75. The van der Waals surface area contributed by atoms with Crippen LogP contribution in [0.2, 0.25) is 0 Å². The quantitative estimate of drug-likeness (QED) is 0.145. The minimum Gasteiger partial charge on any atom is -0.493 e. The van der Waals surface area contributed by atoms with Crippen LogP contribution >= 0.6 is 23.1 Å². The van der Waals surface area contributed by atoms with Crippen LogP contribution in [0.15, 0.2) is 41.6 Å². The van der Waals surface area contributed by atoms with E-state index in [1.807, 2.05) is 36.6 Å². The van der Waals surface area contributed by atoms with E-state index < -0.39 is 11.2 Å². The van der Waals surface area contributed by atoms with Gasteiger partial charge in [0.15, 0.2) is 22.5 Å². The number of ether oxygens (including phenoxy) is 3. The van der Waals surface area contributed by atoms with E-state index in [1.54, 1.807) is 32.0 Å². The number of fused-ring (bicyclic) bond motifs is 1. The Hall–Kier alpha value is -4.36. The fraction of sp³-hybridized carbons (Fsp3) is 0.364. The third-order valence-corrected chi connectivity index (χ3v) is 10.1. The molecule has 2 aromatic carbocycles. The lowest BCUT2D eigenvalue weighted by atomic mass is 10.1. The molecular weight excluding hydrogens is 627 g/mol. The molecule has 1 atom stereocenters. The molecule has 2 amide bonds. The number of rotatable bonds is 12. The summed E-state index contributed by atoms with van der Waals surface area (Å²) in [6.45, 7) is 7.92. The van der Waals surface area contributed by atoms with Crippen LogP contribution in [-0.4, -0.2) is 58.6 Å². The average molecular weight is 664 g/mol. The minimum absolute atomic E-state index is 0.0817. The van der Waals surface area contributed by atoms with Gasteiger partial charge in [0.05, 0.1) is 43.9 Å². The predicted molar refractivity (Wildman–Crippen MR) is 178 cm³/mol. The Morgan fingerprint density at radius 3 is 2.59 bits per heavy atom. The molecule has 0 fully saturated rings. The Bertz CT molecular complexity index is 1780. The predicted octanol–water partition coefficient (Wildman–Crippen LogP) is 5.68. The van der Waals surface area contributed by atoms with Crippen LogP contribution in [0.4, 0.5) is 5.00 Å². The molecule has 2 N–H and O–H groups in total. The van der Waals surface area contributed by atoms with E-state index in [0.29, 0.717) is 38.6 Å². The van der Waals surface area contributed by atoms with Crippen LogP contribution in [0, 0.1) is 13.8 Å². The number of thioether (sulfide) groups is 1. The van der Waals surface area contributed by atoms with Crippen LogP contribution in [-0.2, 0) is 28.9 Å². The van der Waals surface area contributed by atoms with Gasteiger partial charge in [0.2, 0.25) is 5.91 Å². The third kappa shape index (κ3) is 6.75. The highest BCUT2D eigenvalue weighted by molar-refractivity contribution is 8.00. The first-order valence-electron chi connectivity index (χ1n) is 15.0. The van der Waals surface area contributed by atoms with Crippen molar-refractivity contribution in [2.75, 3.05) is 26.1 Å². The summed E-state index contributed by atoms with van der Waals surface area (Å²) < 4.78 is 17.8. The summed E-state index contributed by atoms with van der Waals surface area (Å²) in [5.74, 6) is 0.465. The molecule has 242 valence electrons. The first kappa shape index (κ1) is 33.0. The number of hydrogen-bond donors (Lipinski definition) is 2. The Morgan fingerprint density at radius 1 is 1.07 bits per heavy atom. The normalized spacial score (nSPS) is 12.7. The zero-order valence-corrected chi connectivity index (χ0v) is 28.3. The number of carbonyl (C=O) groups excluding carboxylic acids is 3. The lowest BCUT2D eigenvalue weighted by Crippen LogP contribution is -2.25. The van der Waals surface area contributed by atoms with E-state index in [2.05, 4.69) is 20.8 Å². The standard InChI is InChI=1S/C33H37N5O6S2/c1-7-44-32(41)28-22-11-9-13-26(22)46-31(28)35-29(39)20(4)45-33-37-36-27(38(33)23-12-8-10-18(2)19(23)3)17-34-30(40)21-14-15-24(42-5)25(16-21)43-6/h8,10,12,14-16,20H,7,9,11,13,17H2,1-6H3,(H,34,40)(H,35,39)/t20-/m0/s1. The molecule has 0 radical (unpaired) electrons. The highest BCUT2D eigenvalue weighted by Crippen LogP contribution is 2.40. The Balaban J connectivity index is 1.38. The highest BCUT2D eigenvalue weighted by atomic mass is 32.2. The lowest BCUT2D eigenvalue weighted by Gasteiger charge is -2.17. The highest BCUT2D eigenvalue weighted by Gasteiger charge is 2.30.